The topological polar surface area (TPSA) is 111 Å². The first-order chi connectivity index (χ1) is 16.9. The summed E-state index contributed by atoms with van der Waals surface area (Å²) in [6.45, 7) is 7.22. The molecule has 0 fully saturated rings. The quantitative estimate of drug-likeness (QED) is 0.149. The summed E-state index contributed by atoms with van der Waals surface area (Å²) < 4.78 is 43.1. The molecular weight excluding hydrogens is 448 g/mol. The summed E-state index contributed by atoms with van der Waals surface area (Å²) in [5, 5.41) is 8.55. The monoisotopic (exact) mass is 488 g/mol. The molecule has 0 saturated carbocycles. The summed E-state index contributed by atoms with van der Waals surface area (Å²) in [5.74, 6) is 0.732. The predicted octanol–water partition coefficient (Wildman–Crippen LogP) is 0.915. The Morgan fingerprint density at radius 3 is 1.41 bits per heavy atom. The number of aliphatic hydroxyl groups is 1. The van der Waals surface area contributed by atoms with Crippen LogP contribution in [0.1, 0.15) is 5.56 Å². The molecule has 1 rings (SSSR count). The summed E-state index contributed by atoms with van der Waals surface area (Å²) >= 11 is 0. The maximum Gasteiger partial charge on any atom is 0.124 e. The summed E-state index contributed by atoms with van der Waals surface area (Å²) in [4.78, 5) is 10.6. The Labute approximate surface area is 202 Å². The van der Waals surface area contributed by atoms with Crippen LogP contribution in [0.25, 0.3) is 0 Å². The van der Waals surface area contributed by atoms with Crippen LogP contribution in [0.3, 0.4) is 0 Å². The van der Waals surface area contributed by atoms with Crippen LogP contribution in [0, 0.1) is 0 Å². The largest absolute Gasteiger partial charge is 0.491 e. The second kappa shape index (κ2) is 24.5. The smallest absolute Gasteiger partial charge is 0.124 e. The van der Waals surface area contributed by atoms with E-state index in [1.165, 1.54) is 0 Å². The van der Waals surface area contributed by atoms with Crippen molar-refractivity contribution in [1.82, 2.24) is 0 Å². The van der Waals surface area contributed by atoms with Gasteiger partial charge in [-0.3, -0.25) is 0 Å². The second-order valence-electron chi connectivity index (χ2n) is 6.88. The Hall–Kier alpha value is -1.63. The van der Waals surface area contributed by atoms with Crippen molar-refractivity contribution < 1.29 is 47.8 Å². The van der Waals surface area contributed by atoms with E-state index in [9.17, 15) is 4.79 Å². The molecule has 0 aliphatic carbocycles. The fraction of sp³-hybridized carbons (Fsp3) is 0.708. The zero-order valence-corrected chi connectivity index (χ0v) is 20.0. The first kappa shape index (κ1) is 30.4. The van der Waals surface area contributed by atoms with E-state index >= 15 is 0 Å². The molecule has 196 valence electrons. The molecule has 0 radical (unpaired) electrons. The van der Waals surface area contributed by atoms with Gasteiger partial charge in [0, 0.05) is 6.42 Å². The second-order valence-corrected chi connectivity index (χ2v) is 6.88. The molecule has 0 aliphatic rings. The molecule has 10 nitrogen and oxygen atoms in total. The standard InChI is InChI=1S/C24H40O10/c25-5-4-23-2-1-3-24(22-23)34-21-20-33-19-18-32-17-16-31-15-14-30-13-12-29-11-10-28-9-8-27-7-6-26/h1-3,5,22,26H,4,6-21H2. The lowest BCUT2D eigenvalue weighted by Gasteiger charge is -2.09. The van der Waals surface area contributed by atoms with Crippen molar-refractivity contribution in [2.45, 2.75) is 6.42 Å². The van der Waals surface area contributed by atoms with Gasteiger partial charge < -0.3 is 47.8 Å². The Balaban J connectivity index is 1.72. The zero-order valence-electron chi connectivity index (χ0n) is 20.0. The molecule has 0 aliphatic heterocycles. The number of aldehydes is 1. The van der Waals surface area contributed by atoms with Gasteiger partial charge in [-0.05, 0) is 17.7 Å². The van der Waals surface area contributed by atoms with E-state index in [0.29, 0.717) is 106 Å². The first-order valence-corrected chi connectivity index (χ1v) is 11.7. The van der Waals surface area contributed by atoms with Crippen molar-refractivity contribution in [3.8, 4) is 5.75 Å². The number of ether oxygens (including phenoxy) is 8. The molecule has 10 heteroatoms. The lowest BCUT2D eigenvalue weighted by atomic mass is 10.2. The average molecular weight is 489 g/mol. The Kier molecular flexibility index (Phi) is 21.9. The third-order valence-electron chi connectivity index (χ3n) is 4.18. The lowest BCUT2D eigenvalue weighted by Crippen LogP contribution is -2.15. The Morgan fingerprint density at radius 2 is 1.00 bits per heavy atom. The first-order valence-electron chi connectivity index (χ1n) is 11.7. The van der Waals surface area contributed by atoms with Gasteiger partial charge in [-0.15, -0.1) is 0 Å². The van der Waals surface area contributed by atoms with E-state index in [-0.39, 0.29) is 6.61 Å². The molecule has 0 atom stereocenters. The molecule has 0 aromatic heterocycles. The molecule has 0 amide bonds. The van der Waals surface area contributed by atoms with Crippen molar-refractivity contribution in [3.05, 3.63) is 29.8 Å². The Morgan fingerprint density at radius 1 is 0.588 bits per heavy atom. The van der Waals surface area contributed by atoms with E-state index < -0.39 is 0 Å². The number of carbonyl (C=O) groups is 1. The maximum absolute atomic E-state index is 10.6. The molecule has 0 spiro atoms. The Bertz CT molecular complexity index is 572. The summed E-state index contributed by atoms with van der Waals surface area (Å²) in [6, 6.07) is 7.47. The van der Waals surface area contributed by atoms with Crippen LogP contribution in [0.5, 0.6) is 5.75 Å². The van der Waals surface area contributed by atoms with Gasteiger partial charge in [0.1, 0.15) is 18.6 Å². The van der Waals surface area contributed by atoms with Gasteiger partial charge >= 0.3 is 0 Å². The predicted molar refractivity (Wildman–Crippen MR) is 125 cm³/mol. The van der Waals surface area contributed by atoms with Crippen molar-refractivity contribution in [1.29, 1.82) is 0 Å². The molecule has 1 N–H and O–H groups in total. The number of hydrogen-bond donors (Lipinski definition) is 1. The minimum atomic E-state index is 0.0256. The summed E-state index contributed by atoms with van der Waals surface area (Å²) in [7, 11) is 0. The van der Waals surface area contributed by atoms with Crippen molar-refractivity contribution >= 4 is 6.29 Å². The van der Waals surface area contributed by atoms with Crippen LogP contribution in [-0.2, 0) is 44.4 Å². The van der Waals surface area contributed by atoms with Gasteiger partial charge in [-0.2, -0.15) is 0 Å². The summed E-state index contributed by atoms with van der Waals surface area (Å²) in [5.41, 5.74) is 0.931. The molecule has 1 aromatic carbocycles. The van der Waals surface area contributed by atoms with Crippen LogP contribution in [0.15, 0.2) is 24.3 Å². The fourth-order valence-corrected chi connectivity index (χ4v) is 2.56. The minimum Gasteiger partial charge on any atom is -0.491 e. The van der Waals surface area contributed by atoms with Crippen molar-refractivity contribution in [2.24, 2.45) is 0 Å². The van der Waals surface area contributed by atoms with Crippen LogP contribution in [-0.4, -0.2) is 117 Å². The normalized spacial score (nSPS) is 11.1. The van der Waals surface area contributed by atoms with Gasteiger partial charge in [0.05, 0.1) is 99.1 Å². The number of rotatable bonds is 26. The molecule has 1 aromatic rings. The van der Waals surface area contributed by atoms with Crippen LogP contribution in [0.2, 0.25) is 0 Å². The van der Waals surface area contributed by atoms with Crippen LogP contribution < -0.4 is 4.74 Å². The number of hydrogen-bond acceptors (Lipinski definition) is 10. The van der Waals surface area contributed by atoms with Gasteiger partial charge in [0.2, 0.25) is 0 Å². The van der Waals surface area contributed by atoms with Gasteiger partial charge in [-0.1, -0.05) is 12.1 Å². The molecule has 34 heavy (non-hydrogen) atoms. The average Bonchev–Trinajstić information content (AvgIpc) is 2.85. The van der Waals surface area contributed by atoms with Gasteiger partial charge in [-0.25, -0.2) is 0 Å². The summed E-state index contributed by atoms with van der Waals surface area (Å²) in [6.07, 6.45) is 1.26. The maximum atomic E-state index is 10.6. The van der Waals surface area contributed by atoms with Crippen molar-refractivity contribution in [3.63, 3.8) is 0 Å². The van der Waals surface area contributed by atoms with Gasteiger partial charge in [0.25, 0.3) is 0 Å². The zero-order chi connectivity index (χ0) is 24.4. The molecule has 0 bridgehead atoms. The molecule has 0 unspecified atom stereocenters. The fourth-order valence-electron chi connectivity index (χ4n) is 2.56. The lowest BCUT2D eigenvalue weighted by molar-refractivity contribution is -0.107. The highest BCUT2D eigenvalue weighted by molar-refractivity contribution is 5.55. The third-order valence-corrected chi connectivity index (χ3v) is 4.18. The highest BCUT2D eigenvalue weighted by atomic mass is 16.6. The van der Waals surface area contributed by atoms with Crippen LogP contribution in [0.4, 0.5) is 0 Å². The number of aliphatic hydroxyl groups excluding tert-OH is 1. The van der Waals surface area contributed by atoms with Crippen LogP contribution >= 0.6 is 0 Å². The van der Waals surface area contributed by atoms with E-state index in [1.54, 1.807) is 0 Å². The minimum absolute atomic E-state index is 0.0256. The van der Waals surface area contributed by atoms with E-state index in [4.69, 9.17) is 43.0 Å². The molecular formula is C24H40O10. The SMILES string of the molecule is O=CCc1cccc(OCCOCCOCCOCCOCCOCCOCCOCCO)c1. The van der Waals surface area contributed by atoms with E-state index in [2.05, 4.69) is 0 Å². The third kappa shape index (κ3) is 19.8. The highest BCUT2D eigenvalue weighted by Gasteiger charge is 1.98. The molecule has 0 saturated heterocycles. The van der Waals surface area contributed by atoms with E-state index in [0.717, 1.165) is 17.6 Å². The highest BCUT2D eigenvalue weighted by Crippen LogP contribution is 2.13. The number of carbonyl (C=O) groups excluding carboxylic acids is 1. The number of benzene rings is 1. The van der Waals surface area contributed by atoms with E-state index in [1.807, 2.05) is 24.3 Å². The molecule has 0 heterocycles. The van der Waals surface area contributed by atoms with Crippen molar-refractivity contribution in [2.75, 3.05) is 106 Å². The van der Waals surface area contributed by atoms with Gasteiger partial charge in [0.15, 0.2) is 0 Å².